The molecule has 0 amide bonds. The molecule has 0 saturated carbocycles. The molecule has 3 unspecified atom stereocenters. The van der Waals surface area contributed by atoms with E-state index in [9.17, 15) is 10.2 Å². The van der Waals surface area contributed by atoms with E-state index >= 15 is 0 Å². The molecule has 0 saturated heterocycles. The Bertz CT molecular complexity index is 365. The average Bonchev–Trinajstić information content (AvgIpc) is 2.27. The van der Waals surface area contributed by atoms with Crippen molar-refractivity contribution in [1.82, 2.24) is 5.32 Å². The van der Waals surface area contributed by atoms with Crippen molar-refractivity contribution in [2.24, 2.45) is 5.92 Å². The maximum atomic E-state index is 9.77. The molecule has 0 spiro atoms. The van der Waals surface area contributed by atoms with Crippen LogP contribution in [0.3, 0.4) is 0 Å². The monoisotopic (exact) mass is 237 g/mol. The van der Waals surface area contributed by atoms with E-state index in [2.05, 4.69) is 26.1 Å². The van der Waals surface area contributed by atoms with E-state index in [1.807, 2.05) is 6.92 Å². The molecule has 0 aromatic heterocycles. The second-order valence-electron chi connectivity index (χ2n) is 4.81. The Morgan fingerprint density at radius 2 is 1.82 bits per heavy atom. The molecule has 0 fully saturated rings. The van der Waals surface area contributed by atoms with E-state index in [0.717, 1.165) is 12.0 Å². The van der Waals surface area contributed by atoms with Crippen LogP contribution in [0.1, 0.15) is 45.7 Å². The van der Waals surface area contributed by atoms with E-state index in [1.165, 1.54) is 6.07 Å². The SMILES string of the molecule is CCC(C)C(C)NC(C)c1ccc(O)cc1O. The summed E-state index contributed by atoms with van der Waals surface area (Å²) in [7, 11) is 0. The van der Waals surface area contributed by atoms with Gasteiger partial charge < -0.3 is 15.5 Å². The fourth-order valence-corrected chi connectivity index (χ4v) is 1.90. The Morgan fingerprint density at radius 1 is 1.18 bits per heavy atom. The number of hydrogen-bond acceptors (Lipinski definition) is 3. The van der Waals surface area contributed by atoms with Crippen molar-refractivity contribution in [3.8, 4) is 11.5 Å². The summed E-state index contributed by atoms with van der Waals surface area (Å²) in [4.78, 5) is 0. The smallest absolute Gasteiger partial charge is 0.124 e. The summed E-state index contributed by atoms with van der Waals surface area (Å²) in [5, 5.41) is 22.5. The zero-order valence-electron chi connectivity index (χ0n) is 11.1. The maximum absolute atomic E-state index is 9.77. The van der Waals surface area contributed by atoms with Crippen LogP contribution < -0.4 is 5.32 Å². The van der Waals surface area contributed by atoms with Crippen LogP contribution in [0.15, 0.2) is 18.2 Å². The Kier molecular flexibility index (Phi) is 4.82. The van der Waals surface area contributed by atoms with E-state index in [1.54, 1.807) is 12.1 Å². The van der Waals surface area contributed by atoms with Gasteiger partial charge in [-0.05, 0) is 25.8 Å². The average molecular weight is 237 g/mol. The summed E-state index contributed by atoms with van der Waals surface area (Å²) < 4.78 is 0. The van der Waals surface area contributed by atoms with Gasteiger partial charge in [-0.1, -0.05) is 26.3 Å². The first-order valence-electron chi connectivity index (χ1n) is 6.23. The highest BCUT2D eigenvalue weighted by atomic mass is 16.3. The molecule has 1 rings (SSSR count). The first-order valence-corrected chi connectivity index (χ1v) is 6.23. The van der Waals surface area contributed by atoms with Crippen LogP contribution in [0.5, 0.6) is 11.5 Å². The summed E-state index contributed by atoms with van der Waals surface area (Å²) in [6.07, 6.45) is 1.13. The Morgan fingerprint density at radius 3 is 2.35 bits per heavy atom. The highest BCUT2D eigenvalue weighted by Crippen LogP contribution is 2.28. The van der Waals surface area contributed by atoms with Crippen LogP contribution in [0.4, 0.5) is 0 Å². The van der Waals surface area contributed by atoms with Gasteiger partial charge in [0.2, 0.25) is 0 Å². The van der Waals surface area contributed by atoms with E-state index in [0.29, 0.717) is 12.0 Å². The number of benzene rings is 1. The van der Waals surface area contributed by atoms with Crippen molar-refractivity contribution in [3.05, 3.63) is 23.8 Å². The third-order valence-corrected chi connectivity index (χ3v) is 3.49. The first-order chi connectivity index (χ1) is 7.95. The minimum Gasteiger partial charge on any atom is -0.508 e. The van der Waals surface area contributed by atoms with Crippen molar-refractivity contribution in [2.75, 3.05) is 0 Å². The van der Waals surface area contributed by atoms with E-state index in [4.69, 9.17) is 0 Å². The fourth-order valence-electron chi connectivity index (χ4n) is 1.90. The number of aromatic hydroxyl groups is 2. The van der Waals surface area contributed by atoms with E-state index < -0.39 is 0 Å². The van der Waals surface area contributed by atoms with E-state index in [-0.39, 0.29) is 17.5 Å². The van der Waals surface area contributed by atoms with Crippen molar-refractivity contribution < 1.29 is 10.2 Å². The van der Waals surface area contributed by atoms with Crippen molar-refractivity contribution in [2.45, 2.75) is 46.2 Å². The van der Waals surface area contributed by atoms with Gasteiger partial charge in [0, 0.05) is 23.7 Å². The molecule has 17 heavy (non-hydrogen) atoms. The molecule has 0 aliphatic heterocycles. The quantitative estimate of drug-likeness (QED) is 0.737. The van der Waals surface area contributed by atoms with Crippen molar-refractivity contribution in [1.29, 1.82) is 0 Å². The Hall–Kier alpha value is -1.22. The minimum absolute atomic E-state index is 0.0691. The molecule has 0 aliphatic rings. The third-order valence-electron chi connectivity index (χ3n) is 3.49. The molecular weight excluding hydrogens is 214 g/mol. The Labute approximate surface area is 103 Å². The van der Waals surface area contributed by atoms with Gasteiger partial charge in [0.25, 0.3) is 0 Å². The summed E-state index contributed by atoms with van der Waals surface area (Å²) in [6, 6.07) is 5.19. The van der Waals surface area contributed by atoms with Crippen LogP contribution in [0.25, 0.3) is 0 Å². The third kappa shape index (κ3) is 3.63. The van der Waals surface area contributed by atoms with Gasteiger partial charge in [0.1, 0.15) is 11.5 Å². The van der Waals surface area contributed by atoms with Crippen LogP contribution in [0, 0.1) is 5.92 Å². The summed E-state index contributed by atoms with van der Waals surface area (Å²) in [5.41, 5.74) is 0.818. The highest BCUT2D eigenvalue weighted by molar-refractivity contribution is 5.40. The molecule has 3 N–H and O–H groups in total. The molecule has 0 radical (unpaired) electrons. The molecule has 3 nitrogen and oxygen atoms in total. The standard InChI is InChI=1S/C14H23NO2/c1-5-9(2)10(3)15-11(4)13-7-6-12(16)8-14(13)17/h6-11,15-17H,5H2,1-4H3. The number of hydrogen-bond donors (Lipinski definition) is 3. The zero-order chi connectivity index (χ0) is 13.0. The number of phenols is 2. The largest absolute Gasteiger partial charge is 0.508 e. The Balaban J connectivity index is 2.72. The second kappa shape index (κ2) is 5.92. The van der Waals surface area contributed by atoms with Crippen LogP contribution >= 0.6 is 0 Å². The maximum Gasteiger partial charge on any atom is 0.124 e. The normalized spacial score (nSPS) is 16.5. The number of phenolic OH excluding ortho intramolecular Hbond substituents is 2. The molecular formula is C14H23NO2. The molecule has 0 aliphatic carbocycles. The van der Waals surface area contributed by atoms with Gasteiger partial charge >= 0.3 is 0 Å². The van der Waals surface area contributed by atoms with Crippen LogP contribution in [-0.2, 0) is 0 Å². The zero-order valence-corrected chi connectivity index (χ0v) is 11.1. The highest BCUT2D eigenvalue weighted by Gasteiger charge is 2.16. The summed E-state index contributed by atoms with van der Waals surface area (Å²) in [5.74, 6) is 0.825. The lowest BCUT2D eigenvalue weighted by Crippen LogP contribution is -2.33. The van der Waals surface area contributed by atoms with Crippen molar-refractivity contribution >= 4 is 0 Å². The van der Waals surface area contributed by atoms with Gasteiger partial charge in [0.05, 0.1) is 0 Å². The lowest BCUT2D eigenvalue weighted by atomic mass is 9.98. The van der Waals surface area contributed by atoms with Gasteiger partial charge in [0.15, 0.2) is 0 Å². The van der Waals surface area contributed by atoms with Gasteiger partial charge in [-0.2, -0.15) is 0 Å². The molecule has 1 aromatic rings. The van der Waals surface area contributed by atoms with Gasteiger partial charge in [-0.3, -0.25) is 0 Å². The van der Waals surface area contributed by atoms with Crippen LogP contribution in [-0.4, -0.2) is 16.3 Å². The second-order valence-corrected chi connectivity index (χ2v) is 4.81. The molecule has 96 valence electrons. The fraction of sp³-hybridized carbons (Fsp3) is 0.571. The lowest BCUT2D eigenvalue weighted by Gasteiger charge is -2.25. The van der Waals surface area contributed by atoms with Crippen LogP contribution in [0.2, 0.25) is 0 Å². The van der Waals surface area contributed by atoms with Gasteiger partial charge in [-0.25, -0.2) is 0 Å². The molecule has 3 heteroatoms. The lowest BCUT2D eigenvalue weighted by molar-refractivity contribution is 0.353. The molecule has 0 heterocycles. The van der Waals surface area contributed by atoms with Gasteiger partial charge in [-0.15, -0.1) is 0 Å². The number of rotatable bonds is 5. The first kappa shape index (κ1) is 13.8. The molecule has 0 bridgehead atoms. The molecule has 3 atom stereocenters. The minimum atomic E-state index is 0.0691. The predicted octanol–water partition coefficient (Wildman–Crippen LogP) is 3.18. The topological polar surface area (TPSA) is 52.5 Å². The summed E-state index contributed by atoms with van der Waals surface area (Å²) >= 11 is 0. The summed E-state index contributed by atoms with van der Waals surface area (Å²) in [6.45, 7) is 8.56. The number of nitrogens with one attached hydrogen (secondary N) is 1. The predicted molar refractivity (Wildman–Crippen MR) is 70.2 cm³/mol. The van der Waals surface area contributed by atoms with Crippen molar-refractivity contribution in [3.63, 3.8) is 0 Å². The molecule has 1 aromatic carbocycles.